The summed E-state index contributed by atoms with van der Waals surface area (Å²) in [7, 11) is 1.81. The van der Waals surface area contributed by atoms with Crippen LogP contribution in [-0.4, -0.2) is 65.5 Å². The summed E-state index contributed by atoms with van der Waals surface area (Å²) in [4.78, 5) is 33.1. The van der Waals surface area contributed by atoms with Gasteiger partial charge in [-0.1, -0.05) is 0 Å². The fraction of sp³-hybridized carbons (Fsp3) is 0.588. The second kappa shape index (κ2) is 6.28. The second-order valence-electron chi connectivity index (χ2n) is 6.44. The van der Waals surface area contributed by atoms with E-state index in [1.165, 1.54) is 0 Å². The lowest BCUT2D eigenvalue weighted by Crippen LogP contribution is -2.60. The Hall–Kier alpha value is -1.95. The minimum Gasteiger partial charge on any atom is -0.361 e. The average Bonchev–Trinajstić information content (AvgIpc) is 2.69. The third kappa shape index (κ3) is 3.08. The predicted molar refractivity (Wildman–Crippen MR) is 85.0 cm³/mol. The zero-order valence-corrected chi connectivity index (χ0v) is 13.7. The van der Waals surface area contributed by atoms with E-state index in [0.717, 1.165) is 25.1 Å². The number of carbonyl (C=O) groups excluding carboxylic acids is 2. The Bertz CT molecular complexity index is 619. The number of aromatic nitrogens is 1. The first-order chi connectivity index (χ1) is 11.0. The van der Waals surface area contributed by atoms with Crippen LogP contribution >= 0.6 is 0 Å². The van der Waals surface area contributed by atoms with Gasteiger partial charge in [-0.25, -0.2) is 0 Å². The molecule has 1 aromatic heterocycles. The maximum atomic E-state index is 12.8. The zero-order chi connectivity index (χ0) is 16.4. The van der Waals surface area contributed by atoms with Crippen LogP contribution in [0.15, 0.2) is 18.3 Å². The molecule has 0 saturated carbocycles. The van der Waals surface area contributed by atoms with Crippen molar-refractivity contribution in [2.75, 3.05) is 33.3 Å². The molecule has 2 aliphatic rings. The van der Waals surface area contributed by atoms with Gasteiger partial charge in [0.15, 0.2) is 5.60 Å². The Labute approximate surface area is 136 Å². The van der Waals surface area contributed by atoms with E-state index >= 15 is 0 Å². The summed E-state index contributed by atoms with van der Waals surface area (Å²) >= 11 is 0. The number of morpholine rings is 1. The molecular formula is C17H23N3O3. The number of hydrogen-bond acceptors (Lipinski definition) is 4. The van der Waals surface area contributed by atoms with Gasteiger partial charge in [-0.3, -0.25) is 14.6 Å². The number of rotatable bonds is 1. The molecular weight excluding hydrogens is 294 g/mol. The Morgan fingerprint density at radius 3 is 2.96 bits per heavy atom. The predicted octanol–water partition coefficient (Wildman–Crippen LogP) is 1.24. The van der Waals surface area contributed by atoms with Crippen LogP contribution in [0.2, 0.25) is 0 Å². The second-order valence-corrected chi connectivity index (χ2v) is 6.44. The first-order valence-electron chi connectivity index (χ1n) is 8.13. The molecule has 0 N–H and O–H groups in total. The molecule has 6 heteroatoms. The number of likely N-dealkylation sites (N-methyl/N-ethyl adjacent to an activating group) is 1. The van der Waals surface area contributed by atoms with Crippen molar-refractivity contribution in [3.05, 3.63) is 29.6 Å². The molecule has 0 aromatic carbocycles. The highest BCUT2D eigenvalue weighted by Gasteiger charge is 2.47. The summed E-state index contributed by atoms with van der Waals surface area (Å²) in [6.45, 7) is 3.85. The summed E-state index contributed by atoms with van der Waals surface area (Å²) < 4.78 is 5.91. The van der Waals surface area contributed by atoms with E-state index in [1.807, 2.05) is 14.0 Å². The number of hydrogen-bond donors (Lipinski definition) is 0. The maximum absolute atomic E-state index is 12.8. The highest BCUT2D eigenvalue weighted by atomic mass is 16.5. The third-order valence-electron chi connectivity index (χ3n) is 4.68. The minimum atomic E-state index is -0.874. The van der Waals surface area contributed by atoms with E-state index in [0.29, 0.717) is 31.7 Å². The van der Waals surface area contributed by atoms with E-state index in [9.17, 15) is 9.59 Å². The van der Waals surface area contributed by atoms with Crippen LogP contribution in [0.5, 0.6) is 0 Å². The number of ether oxygens (including phenoxy) is 1. The Kier molecular flexibility index (Phi) is 4.35. The molecule has 0 bridgehead atoms. The Morgan fingerprint density at radius 1 is 1.35 bits per heavy atom. The average molecular weight is 317 g/mol. The molecule has 2 fully saturated rings. The molecule has 0 aliphatic carbocycles. The van der Waals surface area contributed by atoms with Gasteiger partial charge in [-0.2, -0.15) is 0 Å². The van der Waals surface area contributed by atoms with Crippen LogP contribution < -0.4 is 0 Å². The molecule has 2 saturated heterocycles. The number of likely N-dealkylation sites (tertiary alicyclic amines) is 1. The van der Waals surface area contributed by atoms with Crippen molar-refractivity contribution in [3.63, 3.8) is 0 Å². The van der Waals surface area contributed by atoms with E-state index < -0.39 is 5.60 Å². The number of aryl methyl sites for hydroxylation is 1. The Balaban J connectivity index is 1.82. The standard InChI is InChI=1S/C17H23N3O3/c1-13-11-14(5-7-18-13)15(21)20-9-10-23-17(12-20)6-3-4-8-19(2)16(17)22/h5,7,11H,3-4,6,8-10,12H2,1-2H3. The van der Waals surface area contributed by atoms with Crippen LogP contribution in [-0.2, 0) is 9.53 Å². The molecule has 1 spiro atoms. The molecule has 23 heavy (non-hydrogen) atoms. The first kappa shape index (κ1) is 15.9. The van der Waals surface area contributed by atoms with E-state index in [-0.39, 0.29) is 11.8 Å². The van der Waals surface area contributed by atoms with Crippen molar-refractivity contribution < 1.29 is 14.3 Å². The highest BCUT2D eigenvalue weighted by Crippen LogP contribution is 2.30. The largest absolute Gasteiger partial charge is 0.361 e. The summed E-state index contributed by atoms with van der Waals surface area (Å²) in [6.07, 6.45) is 4.23. The SMILES string of the molecule is Cc1cc(C(=O)N2CCOC3(CCCCN(C)C3=O)C2)ccn1. The van der Waals surface area contributed by atoms with E-state index in [1.54, 1.807) is 28.1 Å². The van der Waals surface area contributed by atoms with Gasteiger partial charge in [0, 0.05) is 37.6 Å². The minimum absolute atomic E-state index is 0.00147. The topological polar surface area (TPSA) is 62.7 Å². The normalized spacial score (nSPS) is 25.6. The Morgan fingerprint density at radius 2 is 2.17 bits per heavy atom. The van der Waals surface area contributed by atoms with Gasteiger partial charge in [0.25, 0.3) is 11.8 Å². The van der Waals surface area contributed by atoms with Crippen LogP contribution in [0.3, 0.4) is 0 Å². The molecule has 124 valence electrons. The van der Waals surface area contributed by atoms with Gasteiger partial charge in [0.1, 0.15) is 0 Å². The summed E-state index contributed by atoms with van der Waals surface area (Å²) in [5, 5.41) is 0. The summed E-state index contributed by atoms with van der Waals surface area (Å²) in [5.74, 6) is -0.0590. The fourth-order valence-corrected chi connectivity index (χ4v) is 3.42. The van der Waals surface area contributed by atoms with Crippen molar-refractivity contribution in [1.29, 1.82) is 0 Å². The smallest absolute Gasteiger partial charge is 0.256 e. The molecule has 0 radical (unpaired) electrons. The van der Waals surface area contributed by atoms with Crippen LogP contribution in [0.1, 0.15) is 35.3 Å². The number of pyridine rings is 1. The van der Waals surface area contributed by atoms with Gasteiger partial charge >= 0.3 is 0 Å². The van der Waals surface area contributed by atoms with Crippen molar-refractivity contribution in [2.45, 2.75) is 31.8 Å². The van der Waals surface area contributed by atoms with Gasteiger partial charge < -0.3 is 14.5 Å². The molecule has 1 atom stereocenters. The number of amides is 2. The molecule has 6 nitrogen and oxygen atoms in total. The number of carbonyl (C=O) groups is 2. The van der Waals surface area contributed by atoms with Gasteiger partial charge in [0.2, 0.25) is 0 Å². The molecule has 2 amide bonds. The van der Waals surface area contributed by atoms with Gasteiger partial charge in [0.05, 0.1) is 13.2 Å². The third-order valence-corrected chi connectivity index (χ3v) is 4.68. The van der Waals surface area contributed by atoms with Crippen molar-refractivity contribution in [1.82, 2.24) is 14.8 Å². The van der Waals surface area contributed by atoms with Crippen molar-refractivity contribution >= 4 is 11.8 Å². The van der Waals surface area contributed by atoms with Crippen LogP contribution in [0, 0.1) is 6.92 Å². The lowest BCUT2D eigenvalue weighted by atomic mass is 9.94. The van der Waals surface area contributed by atoms with E-state index in [2.05, 4.69) is 4.98 Å². The lowest BCUT2D eigenvalue weighted by Gasteiger charge is -2.42. The van der Waals surface area contributed by atoms with Gasteiger partial charge in [-0.15, -0.1) is 0 Å². The van der Waals surface area contributed by atoms with Crippen molar-refractivity contribution in [2.24, 2.45) is 0 Å². The summed E-state index contributed by atoms with van der Waals surface area (Å²) in [5.41, 5.74) is 0.550. The fourth-order valence-electron chi connectivity index (χ4n) is 3.42. The van der Waals surface area contributed by atoms with Crippen molar-refractivity contribution in [3.8, 4) is 0 Å². The molecule has 3 heterocycles. The van der Waals surface area contributed by atoms with E-state index in [4.69, 9.17) is 4.74 Å². The summed E-state index contributed by atoms with van der Waals surface area (Å²) in [6, 6.07) is 3.50. The monoisotopic (exact) mass is 317 g/mol. The molecule has 1 unspecified atom stereocenters. The van der Waals surface area contributed by atoms with Crippen LogP contribution in [0.4, 0.5) is 0 Å². The lowest BCUT2D eigenvalue weighted by molar-refractivity contribution is -0.166. The quantitative estimate of drug-likeness (QED) is 0.782. The molecule has 2 aliphatic heterocycles. The maximum Gasteiger partial charge on any atom is 0.256 e. The number of nitrogens with zero attached hydrogens (tertiary/aromatic N) is 3. The first-order valence-corrected chi connectivity index (χ1v) is 8.13. The zero-order valence-electron chi connectivity index (χ0n) is 13.7. The highest BCUT2D eigenvalue weighted by molar-refractivity contribution is 5.95. The van der Waals surface area contributed by atoms with Gasteiger partial charge in [-0.05, 0) is 38.3 Å². The molecule has 3 rings (SSSR count). The van der Waals surface area contributed by atoms with Crippen LogP contribution in [0.25, 0.3) is 0 Å². The molecule has 1 aromatic rings.